The zero-order valence-corrected chi connectivity index (χ0v) is 16.6. The fourth-order valence-corrected chi connectivity index (χ4v) is 4.62. The van der Waals surface area contributed by atoms with E-state index in [0.717, 1.165) is 47.0 Å². The lowest BCUT2D eigenvalue weighted by Crippen LogP contribution is -2.43. The number of aryl methyl sites for hydroxylation is 1. The molecule has 1 atom stereocenters. The van der Waals surface area contributed by atoms with Gasteiger partial charge >= 0.3 is 0 Å². The molecule has 1 unspecified atom stereocenters. The van der Waals surface area contributed by atoms with Crippen LogP contribution in [0.3, 0.4) is 0 Å². The topological polar surface area (TPSA) is 50.5 Å². The zero-order chi connectivity index (χ0) is 19.0. The second kappa shape index (κ2) is 7.27. The SMILES string of the molecule is C=C(C(=O)N1CCCCC1CC)c1c(-c2ccccc2)nc2sc(C)nn12. The molecule has 0 spiro atoms. The number of rotatable bonds is 4. The third-order valence-corrected chi connectivity index (χ3v) is 6.08. The number of fused-ring (bicyclic) bond motifs is 1. The van der Waals surface area contributed by atoms with Crippen LogP contribution in [-0.2, 0) is 4.79 Å². The summed E-state index contributed by atoms with van der Waals surface area (Å²) in [5.41, 5.74) is 2.94. The molecule has 0 bridgehead atoms. The first-order chi connectivity index (χ1) is 13.1. The Balaban J connectivity index is 1.79. The molecule has 3 aromatic rings. The van der Waals surface area contributed by atoms with Crippen molar-refractivity contribution in [3.05, 3.63) is 47.6 Å². The largest absolute Gasteiger partial charge is 0.336 e. The van der Waals surface area contributed by atoms with Crippen molar-refractivity contribution in [3.8, 4) is 11.3 Å². The van der Waals surface area contributed by atoms with Crippen molar-refractivity contribution in [2.24, 2.45) is 0 Å². The van der Waals surface area contributed by atoms with Crippen LogP contribution in [0.5, 0.6) is 0 Å². The fourth-order valence-electron chi connectivity index (χ4n) is 3.88. The van der Waals surface area contributed by atoms with Gasteiger partial charge in [0.15, 0.2) is 0 Å². The van der Waals surface area contributed by atoms with Crippen molar-refractivity contribution in [1.82, 2.24) is 19.5 Å². The highest BCUT2D eigenvalue weighted by Gasteiger charge is 2.30. The van der Waals surface area contributed by atoms with Crippen LogP contribution in [0.1, 0.15) is 43.3 Å². The van der Waals surface area contributed by atoms with Crippen LogP contribution in [0.15, 0.2) is 36.9 Å². The Kier molecular flexibility index (Phi) is 4.83. The number of benzene rings is 1. The maximum Gasteiger partial charge on any atom is 0.255 e. The average Bonchev–Trinajstić information content (AvgIpc) is 3.23. The second-order valence-corrected chi connectivity index (χ2v) is 8.19. The number of nitrogens with zero attached hydrogens (tertiary/aromatic N) is 4. The van der Waals surface area contributed by atoms with Gasteiger partial charge in [0, 0.05) is 18.2 Å². The van der Waals surface area contributed by atoms with Crippen LogP contribution in [0.25, 0.3) is 21.8 Å². The van der Waals surface area contributed by atoms with Crippen molar-refractivity contribution in [2.75, 3.05) is 6.54 Å². The molecule has 1 amide bonds. The van der Waals surface area contributed by atoms with E-state index in [1.807, 2.05) is 42.2 Å². The smallest absolute Gasteiger partial charge is 0.255 e. The third kappa shape index (κ3) is 3.18. The first-order valence-corrected chi connectivity index (χ1v) is 10.3. The Hall–Kier alpha value is -2.47. The Morgan fingerprint density at radius 1 is 1.30 bits per heavy atom. The van der Waals surface area contributed by atoms with Gasteiger partial charge in [-0.3, -0.25) is 4.79 Å². The molecule has 5 nitrogen and oxygen atoms in total. The van der Waals surface area contributed by atoms with Crippen LogP contribution < -0.4 is 0 Å². The van der Waals surface area contributed by atoms with E-state index in [0.29, 0.717) is 17.3 Å². The molecule has 2 aromatic heterocycles. The predicted molar refractivity (Wildman–Crippen MR) is 110 cm³/mol. The number of likely N-dealkylation sites (tertiary alicyclic amines) is 1. The summed E-state index contributed by atoms with van der Waals surface area (Å²) in [7, 11) is 0. The van der Waals surface area contributed by atoms with Crippen LogP contribution in [0, 0.1) is 6.92 Å². The number of imidazole rings is 1. The third-order valence-electron chi connectivity index (χ3n) is 5.26. The molecule has 4 rings (SSSR count). The van der Waals surface area contributed by atoms with E-state index in [9.17, 15) is 4.79 Å². The standard InChI is InChI=1S/C21H24N4OS/c1-4-17-12-8-9-13-24(17)20(26)14(2)19-18(16-10-6-5-7-11-16)22-21-25(19)23-15(3)27-21/h5-7,10-11,17H,2,4,8-9,12-13H2,1,3H3. The van der Waals surface area contributed by atoms with E-state index in [1.165, 1.54) is 17.8 Å². The number of hydrogen-bond donors (Lipinski definition) is 0. The summed E-state index contributed by atoms with van der Waals surface area (Å²) in [4.78, 5) is 20.9. The van der Waals surface area contributed by atoms with Gasteiger partial charge in [0.05, 0.1) is 5.57 Å². The normalized spacial score (nSPS) is 17.4. The number of carbonyl (C=O) groups is 1. The first kappa shape index (κ1) is 17.9. The van der Waals surface area contributed by atoms with Crippen molar-refractivity contribution in [2.45, 2.75) is 45.6 Å². The molecule has 27 heavy (non-hydrogen) atoms. The van der Waals surface area contributed by atoms with E-state index < -0.39 is 0 Å². The van der Waals surface area contributed by atoms with E-state index in [4.69, 9.17) is 4.98 Å². The highest BCUT2D eigenvalue weighted by atomic mass is 32.1. The summed E-state index contributed by atoms with van der Waals surface area (Å²) >= 11 is 1.53. The molecule has 1 saturated heterocycles. The second-order valence-electron chi connectivity index (χ2n) is 7.03. The van der Waals surface area contributed by atoms with Gasteiger partial charge < -0.3 is 4.90 Å². The van der Waals surface area contributed by atoms with Gasteiger partial charge in [-0.1, -0.05) is 55.2 Å². The summed E-state index contributed by atoms with van der Waals surface area (Å²) in [6.45, 7) is 9.10. The summed E-state index contributed by atoms with van der Waals surface area (Å²) < 4.78 is 1.79. The molecule has 1 aliphatic heterocycles. The lowest BCUT2D eigenvalue weighted by Gasteiger charge is -2.35. The van der Waals surface area contributed by atoms with Crippen LogP contribution >= 0.6 is 11.3 Å². The van der Waals surface area contributed by atoms with Crippen molar-refractivity contribution >= 4 is 27.8 Å². The van der Waals surface area contributed by atoms with Crippen LogP contribution in [0.2, 0.25) is 0 Å². The Morgan fingerprint density at radius 3 is 2.81 bits per heavy atom. The molecule has 1 aliphatic rings. The first-order valence-electron chi connectivity index (χ1n) is 9.52. The highest BCUT2D eigenvalue weighted by molar-refractivity contribution is 7.16. The molecule has 3 heterocycles. The number of hydrogen-bond acceptors (Lipinski definition) is 4. The maximum absolute atomic E-state index is 13.4. The van der Waals surface area contributed by atoms with Gasteiger partial charge in [-0.15, -0.1) is 0 Å². The van der Waals surface area contributed by atoms with Gasteiger partial charge in [0.25, 0.3) is 5.91 Å². The molecular weight excluding hydrogens is 356 g/mol. The predicted octanol–water partition coefficient (Wildman–Crippen LogP) is 4.57. The number of carbonyl (C=O) groups excluding carboxylic acids is 1. The van der Waals surface area contributed by atoms with Crippen LogP contribution in [0.4, 0.5) is 0 Å². The van der Waals surface area contributed by atoms with Crippen molar-refractivity contribution < 1.29 is 4.79 Å². The molecule has 6 heteroatoms. The summed E-state index contributed by atoms with van der Waals surface area (Å²) in [5, 5.41) is 5.51. The Morgan fingerprint density at radius 2 is 2.07 bits per heavy atom. The fraction of sp³-hybridized carbons (Fsp3) is 0.381. The minimum absolute atomic E-state index is 0.00573. The van der Waals surface area contributed by atoms with E-state index in [2.05, 4.69) is 18.6 Å². The van der Waals surface area contributed by atoms with Gasteiger partial charge in [-0.25, -0.2) is 9.50 Å². The van der Waals surface area contributed by atoms with Crippen LogP contribution in [-0.4, -0.2) is 38.0 Å². The minimum atomic E-state index is 0.00573. The molecular formula is C21H24N4OS. The number of amides is 1. The molecule has 0 aliphatic carbocycles. The zero-order valence-electron chi connectivity index (χ0n) is 15.8. The lowest BCUT2D eigenvalue weighted by atomic mass is 9.98. The van der Waals surface area contributed by atoms with Gasteiger partial charge in [0.2, 0.25) is 4.96 Å². The minimum Gasteiger partial charge on any atom is -0.336 e. The van der Waals surface area contributed by atoms with Crippen molar-refractivity contribution in [3.63, 3.8) is 0 Å². The molecule has 1 fully saturated rings. The number of aromatic nitrogens is 3. The van der Waals surface area contributed by atoms with E-state index in [1.54, 1.807) is 4.52 Å². The highest BCUT2D eigenvalue weighted by Crippen LogP contribution is 2.33. The average molecular weight is 381 g/mol. The molecule has 0 N–H and O–H groups in total. The summed E-state index contributed by atoms with van der Waals surface area (Å²) in [6, 6.07) is 10.3. The lowest BCUT2D eigenvalue weighted by molar-refractivity contribution is -0.128. The Labute approximate surface area is 163 Å². The quantitative estimate of drug-likeness (QED) is 0.623. The molecule has 140 valence electrons. The number of piperidine rings is 1. The molecule has 0 saturated carbocycles. The monoisotopic (exact) mass is 380 g/mol. The Bertz CT molecular complexity index is 988. The van der Waals surface area contributed by atoms with E-state index in [-0.39, 0.29) is 5.91 Å². The summed E-state index contributed by atoms with van der Waals surface area (Å²) in [6.07, 6.45) is 4.28. The van der Waals surface area contributed by atoms with Gasteiger partial charge in [-0.2, -0.15) is 5.10 Å². The van der Waals surface area contributed by atoms with Crippen molar-refractivity contribution in [1.29, 1.82) is 0 Å². The van der Waals surface area contributed by atoms with E-state index >= 15 is 0 Å². The van der Waals surface area contributed by atoms with Gasteiger partial charge in [-0.05, 0) is 32.6 Å². The summed E-state index contributed by atoms with van der Waals surface area (Å²) in [5.74, 6) is 0.00573. The molecule has 0 radical (unpaired) electrons. The van der Waals surface area contributed by atoms with Gasteiger partial charge in [0.1, 0.15) is 16.4 Å². The molecule has 1 aromatic carbocycles. The maximum atomic E-state index is 13.4.